The monoisotopic (exact) mass is 496 g/mol. The van der Waals surface area contributed by atoms with Gasteiger partial charge >= 0.3 is 0 Å². The van der Waals surface area contributed by atoms with Crippen LogP contribution in [0.2, 0.25) is 0 Å². The van der Waals surface area contributed by atoms with E-state index in [0.29, 0.717) is 30.2 Å². The molecule has 3 aromatic rings. The first-order valence-electron chi connectivity index (χ1n) is 12.4. The minimum atomic E-state index is -1.59. The van der Waals surface area contributed by atoms with Gasteiger partial charge in [-0.05, 0) is 50.7 Å². The van der Waals surface area contributed by atoms with Crippen LogP contribution in [0.15, 0.2) is 24.3 Å². The lowest BCUT2D eigenvalue weighted by Crippen LogP contribution is -2.55. The molecule has 0 bridgehead atoms. The van der Waals surface area contributed by atoms with Gasteiger partial charge in [0.1, 0.15) is 16.9 Å². The lowest BCUT2D eigenvalue weighted by atomic mass is 10.0. The minimum Gasteiger partial charge on any atom is -0.396 e. The average molecular weight is 497 g/mol. The number of benzene rings is 1. The summed E-state index contributed by atoms with van der Waals surface area (Å²) in [6, 6.07) is 8.23. The number of aromatic nitrogens is 3. The molecule has 2 aromatic heterocycles. The first-order chi connectivity index (χ1) is 16.9. The second kappa shape index (κ2) is 8.94. The Labute approximate surface area is 208 Å². The number of hydrogen-bond donors (Lipinski definition) is 5. The van der Waals surface area contributed by atoms with Gasteiger partial charge in [-0.1, -0.05) is 12.1 Å². The molecule has 5 N–H and O–H groups in total. The smallest absolute Gasteiger partial charge is 0.225 e. The normalized spacial score (nSPS) is 27.3. The zero-order valence-corrected chi connectivity index (χ0v) is 20.6. The van der Waals surface area contributed by atoms with E-state index in [2.05, 4.69) is 15.5 Å². The number of nitrogens with one attached hydrogen (secondary N) is 2. The fourth-order valence-electron chi connectivity index (χ4n) is 5.26. The summed E-state index contributed by atoms with van der Waals surface area (Å²) in [4.78, 5) is 16.8. The van der Waals surface area contributed by atoms with Gasteiger partial charge in [0.25, 0.3) is 0 Å². The van der Waals surface area contributed by atoms with Gasteiger partial charge < -0.3 is 26.0 Å². The molecule has 1 aliphatic heterocycles. The van der Waals surface area contributed by atoms with Gasteiger partial charge in [-0.15, -0.1) is 11.3 Å². The van der Waals surface area contributed by atoms with Crippen molar-refractivity contribution in [3.05, 3.63) is 30.0 Å². The highest BCUT2D eigenvalue weighted by Gasteiger charge is 2.47. The van der Waals surface area contributed by atoms with Crippen LogP contribution in [-0.2, 0) is 0 Å². The van der Waals surface area contributed by atoms with Crippen LogP contribution in [0, 0.1) is 18.8 Å². The van der Waals surface area contributed by atoms with Crippen molar-refractivity contribution in [1.82, 2.24) is 19.9 Å². The Morgan fingerprint density at radius 2 is 1.94 bits per heavy atom. The molecule has 2 saturated carbocycles. The van der Waals surface area contributed by atoms with Gasteiger partial charge in [0.15, 0.2) is 5.72 Å². The lowest BCUT2D eigenvalue weighted by Gasteiger charge is -2.39. The van der Waals surface area contributed by atoms with Crippen LogP contribution in [-0.4, -0.2) is 79.3 Å². The average Bonchev–Trinajstić information content (AvgIpc) is 3.45. The van der Waals surface area contributed by atoms with Gasteiger partial charge in [0, 0.05) is 32.2 Å². The number of anilines is 2. The van der Waals surface area contributed by atoms with Crippen LogP contribution in [0.4, 0.5) is 11.8 Å². The summed E-state index contributed by atoms with van der Waals surface area (Å²) in [6.07, 6.45) is 2.43. The molecule has 0 unspecified atom stereocenters. The molecule has 1 saturated heterocycles. The lowest BCUT2D eigenvalue weighted by molar-refractivity contribution is -0.0545. The van der Waals surface area contributed by atoms with Gasteiger partial charge in [-0.25, -0.2) is 9.97 Å². The number of rotatable bonds is 8. The molecule has 186 valence electrons. The molecule has 0 spiro atoms. The van der Waals surface area contributed by atoms with E-state index >= 15 is 0 Å². The van der Waals surface area contributed by atoms with E-state index < -0.39 is 11.8 Å². The van der Waals surface area contributed by atoms with Crippen molar-refractivity contribution in [2.45, 2.75) is 50.5 Å². The second-order valence-corrected chi connectivity index (χ2v) is 11.4. The summed E-state index contributed by atoms with van der Waals surface area (Å²) >= 11 is 1.55. The van der Waals surface area contributed by atoms with E-state index in [1.54, 1.807) is 11.3 Å². The Balaban J connectivity index is 1.31. The first kappa shape index (κ1) is 23.1. The summed E-state index contributed by atoms with van der Waals surface area (Å²) in [5.74, 6) is 1.43. The number of thiazole rings is 1. The molecule has 9 nitrogen and oxygen atoms in total. The third kappa shape index (κ3) is 4.49. The predicted octanol–water partition coefficient (Wildman–Crippen LogP) is 2.43. The molecule has 0 radical (unpaired) electrons. The predicted molar refractivity (Wildman–Crippen MR) is 136 cm³/mol. The van der Waals surface area contributed by atoms with E-state index in [4.69, 9.17) is 15.0 Å². The van der Waals surface area contributed by atoms with E-state index in [9.17, 15) is 15.3 Å². The Kier molecular flexibility index (Phi) is 5.89. The molecule has 3 fully saturated rings. The number of aryl methyl sites for hydroxylation is 1. The summed E-state index contributed by atoms with van der Waals surface area (Å²) in [7, 11) is 0. The molecule has 0 amide bonds. The largest absolute Gasteiger partial charge is 0.396 e. The summed E-state index contributed by atoms with van der Waals surface area (Å²) in [5.41, 5.74) is 0.765. The molecule has 3 atom stereocenters. The molecule has 10 heteroatoms. The fourth-order valence-corrected chi connectivity index (χ4v) is 6.32. The maximum atomic E-state index is 11.3. The third-order valence-electron chi connectivity index (χ3n) is 7.50. The molecule has 3 heterocycles. The standard InChI is InChI=1S/C25H32N6O3S/c1-14-20(23-28-18-4-2-3-5-19(18)35-23)22(30-25(34)9-8-16(13-32)21(25)33)29-24(26-14)27-17-11-31(12-17)10-15-6-7-15/h2-5,15-17,21,32-34H,6-13H2,1H3,(H2,26,27,29,30)/t16-,21-,25-/m1/s1. The fraction of sp³-hybridized carbons (Fsp3) is 0.560. The number of aliphatic hydroxyl groups excluding tert-OH is 2. The SMILES string of the molecule is Cc1nc(NC2CN(CC3CC3)C2)nc(N[C@@]2(O)CC[C@H](CO)[C@H]2O)c1-c1nc2ccccc2s1. The highest BCUT2D eigenvalue weighted by atomic mass is 32.1. The van der Waals surface area contributed by atoms with Crippen LogP contribution in [0.25, 0.3) is 20.8 Å². The Bertz CT molecular complexity index is 1190. The summed E-state index contributed by atoms with van der Waals surface area (Å²) in [5, 5.41) is 39.0. The highest BCUT2D eigenvalue weighted by Crippen LogP contribution is 2.41. The first-order valence-corrected chi connectivity index (χ1v) is 13.3. The van der Waals surface area contributed by atoms with Crippen molar-refractivity contribution in [3.8, 4) is 10.6 Å². The Morgan fingerprint density at radius 1 is 1.14 bits per heavy atom. The van der Waals surface area contributed by atoms with Gasteiger partial charge in [0.05, 0.1) is 27.5 Å². The number of likely N-dealkylation sites (tertiary alicyclic amines) is 1. The van der Waals surface area contributed by atoms with E-state index in [-0.39, 0.29) is 18.6 Å². The zero-order chi connectivity index (χ0) is 24.2. The summed E-state index contributed by atoms with van der Waals surface area (Å²) < 4.78 is 1.06. The molecule has 6 rings (SSSR count). The Hall–Kier alpha value is -2.37. The van der Waals surface area contributed by atoms with Crippen LogP contribution >= 0.6 is 11.3 Å². The second-order valence-electron chi connectivity index (χ2n) is 10.3. The van der Waals surface area contributed by atoms with Crippen LogP contribution in [0.3, 0.4) is 0 Å². The molecule has 2 aliphatic carbocycles. The third-order valence-corrected chi connectivity index (χ3v) is 8.56. The van der Waals surface area contributed by atoms with Gasteiger partial charge in [0.2, 0.25) is 5.95 Å². The highest BCUT2D eigenvalue weighted by molar-refractivity contribution is 7.21. The van der Waals surface area contributed by atoms with Crippen molar-refractivity contribution in [2.75, 3.05) is 36.9 Å². The number of para-hydroxylation sites is 1. The van der Waals surface area contributed by atoms with Crippen molar-refractivity contribution >= 4 is 33.3 Å². The minimum absolute atomic E-state index is 0.176. The maximum absolute atomic E-state index is 11.3. The molecule has 1 aromatic carbocycles. The topological polar surface area (TPSA) is 127 Å². The van der Waals surface area contributed by atoms with Crippen LogP contribution in [0.5, 0.6) is 0 Å². The van der Waals surface area contributed by atoms with Crippen molar-refractivity contribution in [2.24, 2.45) is 11.8 Å². The van der Waals surface area contributed by atoms with E-state index in [1.807, 2.05) is 31.2 Å². The number of aliphatic hydroxyl groups is 3. The quantitative estimate of drug-likeness (QED) is 0.299. The zero-order valence-electron chi connectivity index (χ0n) is 19.8. The molecular weight excluding hydrogens is 464 g/mol. The van der Waals surface area contributed by atoms with E-state index in [0.717, 1.165) is 39.9 Å². The van der Waals surface area contributed by atoms with Crippen molar-refractivity contribution < 1.29 is 15.3 Å². The Morgan fingerprint density at radius 3 is 2.66 bits per heavy atom. The van der Waals surface area contributed by atoms with E-state index in [1.165, 1.54) is 19.4 Å². The number of nitrogens with zero attached hydrogens (tertiary/aromatic N) is 4. The number of hydrogen-bond acceptors (Lipinski definition) is 10. The van der Waals surface area contributed by atoms with Crippen molar-refractivity contribution in [1.29, 1.82) is 0 Å². The molecule has 35 heavy (non-hydrogen) atoms. The van der Waals surface area contributed by atoms with Crippen molar-refractivity contribution in [3.63, 3.8) is 0 Å². The van der Waals surface area contributed by atoms with Crippen LogP contribution in [0.1, 0.15) is 31.4 Å². The molecular formula is C25H32N6O3S. The summed E-state index contributed by atoms with van der Waals surface area (Å²) in [6.45, 7) is 4.87. The maximum Gasteiger partial charge on any atom is 0.225 e. The number of fused-ring (bicyclic) bond motifs is 1. The van der Waals surface area contributed by atoms with Gasteiger partial charge in [-0.3, -0.25) is 4.90 Å². The van der Waals surface area contributed by atoms with Gasteiger partial charge in [-0.2, -0.15) is 4.98 Å². The van der Waals surface area contributed by atoms with Crippen LogP contribution < -0.4 is 10.6 Å². The molecule has 3 aliphatic rings.